The number of rotatable bonds is 8. The first kappa shape index (κ1) is 23.3. The molecule has 1 saturated heterocycles. The highest BCUT2D eigenvalue weighted by atomic mass is 32.2. The molecule has 1 amide bonds. The van der Waals surface area contributed by atoms with E-state index in [1.54, 1.807) is 6.92 Å². The number of amides is 1. The van der Waals surface area contributed by atoms with Gasteiger partial charge in [0, 0.05) is 24.9 Å². The van der Waals surface area contributed by atoms with Crippen molar-refractivity contribution < 1.29 is 4.79 Å². The van der Waals surface area contributed by atoms with E-state index in [1.165, 1.54) is 62.1 Å². The number of hydrogen-bond donors (Lipinski definition) is 0. The maximum absolute atomic E-state index is 12.9. The Balaban J connectivity index is 1.39. The van der Waals surface area contributed by atoms with Gasteiger partial charge in [-0.25, -0.2) is 0 Å². The summed E-state index contributed by atoms with van der Waals surface area (Å²) in [4.78, 5) is 23.0. The molecule has 33 heavy (non-hydrogen) atoms. The maximum atomic E-state index is 12.9. The van der Waals surface area contributed by atoms with Gasteiger partial charge >= 0.3 is 0 Å². The first-order chi connectivity index (χ1) is 16.0. The number of aliphatic imine (C=N–C) groups is 1. The van der Waals surface area contributed by atoms with E-state index in [2.05, 4.69) is 43.0 Å². The SMILES string of the molecule is CCCCc1ccc(N(C(C)=O)C2CSC(=NC34CC5CC(CC(C5)C3)C4)N2CCC)cc1. The van der Waals surface area contributed by atoms with Crippen LogP contribution >= 0.6 is 11.8 Å². The number of aryl methyl sites for hydroxylation is 1. The molecule has 4 bridgehead atoms. The minimum atomic E-state index is 0.0570. The van der Waals surface area contributed by atoms with Crippen molar-refractivity contribution in [2.75, 3.05) is 17.2 Å². The van der Waals surface area contributed by atoms with E-state index in [4.69, 9.17) is 4.99 Å². The van der Waals surface area contributed by atoms with Gasteiger partial charge < -0.3 is 4.90 Å². The standard InChI is InChI=1S/C28H41N3OS/c1-4-6-7-21-8-10-25(11-9-21)31(20(3)32)26-19-33-27(30(26)12-5-2)29-28-16-22-13-23(17-28)15-24(14-22)18-28/h8-11,22-24,26H,4-7,12-19H2,1-3H3. The lowest BCUT2D eigenvalue weighted by molar-refractivity contribution is -0.117. The number of carbonyl (C=O) groups is 1. The fraction of sp³-hybridized carbons (Fsp3) is 0.714. The fourth-order valence-electron chi connectivity index (χ4n) is 7.42. The Bertz CT molecular complexity index is 844. The summed E-state index contributed by atoms with van der Waals surface area (Å²) >= 11 is 1.88. The van der Waals surface area contributed by atoms with Crippen LogP contribution in [0.4, 0.5) is 5.69 Å². The molecule has 1 aromatic rings. The zero-order valence-electron chi connectivity index (χ0n) is 20.8. The molecule has 180 valence electrons. The molecule has 1 atom stereocenters. The van der Waals surface area contributed by atoms with E-state index in [-0.39, 0.29) is 17.6 Å². The molecule has 1 unspecified atom stereocenters. The average Bonchev–Trinajstić information content (AvgIpc) is 3.13. The highest BCUT2D eigenvalue weighted by Crippen LogP contribution is 2.57. The quantitative estimate of drug-likeness (QED) is 0.438. The van der Waals surface area contributed by atoms with Crippen molar-refractivity contribution in [3.8, 4) is 0 Å². The molecule has 5 fully saturated rings. The Morgan fingerprint density at radius 2 is 1.70 bits per heavy atom. The molecule has 5 aliphatic rings. The number of amidine groups is 1. The second-order valence-corrected chi connectivity index (χ2v) is 12.2. The first-order valence-corrected chi connectivity index (χ1v) is 14.4. The Hall–Kier alpha value is -1.49. The lowest BCUT2D eigenvalue weighted by Crippen LogP contribution is -2.52. The summed E-state index contributed by atoms with van der Waals surface area (Å²) in [6.45, 7) is 7.15. The van der Waals surface area contributed by atoms with Gasteiger partial charge in [0.1, 0.15) is 6.17 Å². The third-order valence-electron chi connectivity index (χ3n) is 8.44. The topological polar surface area (TPSA) is 35.9 Å². The molecular formula is C28H41N3OS. The van der Waals surface area contributed by atoms with Crippen LogP contribution in [-0.4, -0.2) is 40.0 Å². The first-order valence-electron chi connectivity index (χ1n) is 13.4. The third kappa shape index (κ3) is 4.72. The van der Waals surface area contributed by atoms with Crippen molar-refractivity contribution >= 4 is 28.5 Å². The minimum absolute atomic E-state index is 0.0570. The molecule has 4 nitrogen and oxygen atoms in total. The van der Waals surface area contributed by atoms with Gasteiger partial charge in [-0.15, -0.1) is 0 Å². The second kappa shape index (κ2) is 9.64. The zero-order valence-corrected chi connectivity index (χ0v) is 21.6. The molecule has 0 aromatic heterocycles. The fourth-order valence-corrected chi connectivity index (χ4v) is 8.68. The molecule has 4 saturated carbocycles. The van der Waals surface area contributed by atoms with E-state index in [9.17, 15) is 4.79 Å². The molecule has 5 heteroatoms. The average molecular weight is 468 g/mol. The summed E-state index contributed by atoms with van der Waals surface area (Å²) in [6, 6.07) is 8.71. The number of anilines is 1. The summed E-state index contributed by atoms with van der Waals surface area (Å²) in [5.74, 6) is 3.74. The van der Waals surface area contributed by atoms with Crippen molar-refractivity contribution in [1.29, 1.82) is 0 Å². The van der Waals surface area contributed by atoms with Gasteiger partial charge in [0.25, 0.3) is 0 Å². The Morgan fingerprint density at radius 3 is 2.24 bits per heavy atom. The largest absolute Gasteiger partial charge is 0.330 e. The summed E-state index contributed by atoms with van der Waals surface area (Å²) in [6.07, 6.45) is 12.9. The minimum Gasteiger partial charge on any atom is -0.330 e. The number of carbonyl (C=O) groups excluding carboxylic acids is 1. The predicted molar refractivity (Wildman–Crippen MR) is 140 cm³/mol. The van der Waals surface area contributed by atoms with Gasteiger partial charge in [-0.2, -0.15) is 0 Å². The van der Waals surface area contributed by atoms with E-state index < -0.39 is 0 Å². The molecule has 1 heterocycles. The Morgan fingerprint density at radius 1 is 1.06 bits per heavy atom. The molecule has 0 N–H and O–H groups in total. The maximum Gasteiger partial charge on any atom is 0.225 e. The number of hydrogen-bond acceptors (Lipinski definition) is 3. The van der Waals surface area contributed by atoms with Crippen LogP contribution in [0.15, 0.2) is 29.3 Å². The van der Waals surface area contributed by atoms with Crippen molar-refractivity contribution in [1.82, 2.24) is 4.90 Å². The molecule has 1 aromatic carbocycles. The van der Waals surface area contributed by atoms with Crippen LogP contribution in [0.1, 0.15) is 84.1 Å². The highest BCUT2D eigenvalue weighted by molar-refractivity contribution is 8.14. The van der Waals surface area contributed by atoms with Crippen LogP contribution in [0.5, 0.6) is 0 Å². The zero-order chi connectivity index (χ0) is 23.0. The van der Waals surface area contributed by atoms with Gasteiger partial charge in [0.05, 0.1) is 5.54 Å². The number of benzene rings is 1. The van der Waals surface area contributed by atoms with E-state index in [0.717, 1.165) is 48.6 Å². The van der Waals surface area contributed by atoms with Crippen LogP contribution < -0.4 is 4.90 Å². The number of nitrogens with zero attached hydrogens (tertiary/aromatic N) is 3. The van der Waals surface area contributed by atoms with Crippen molar-refractivity contribution in [3.63, 3.8) is 0 Å². The smallest absolute Gasteiger partial charge is 0.225 e. The lowest BCUT2D eigenvalue weighted by Gasteiger charge is -2.55. The van der Waals surface area contributed by atoms with Gasteiger partial charge in [-0.1, -0.05) is 44.2 Å². The van der Waals surface area contributed by atoms with E-state index in [1.807, 2.05) is 16.7 Å². The number of thioether (sulfide) groups is 1. The van der Waals surface area contributed by atoms with Crippen LogP contribution in [-0.2, 0) is 11.2 Å². The van der Waals surface area contributed by atoms with Gasteiger partial charge in [-0.05, 0) is 93.2 Å². The highest BCUT2D eigenvalue weighted by Gasteiger charge is 2.52. The van der Waals surface area contributed by atoms with Crippen molar-refractivity contribution in [2.45, 2.75) is 96.7 Å². The summed E-state index contributed by atoms with van der Waals surface area (Å²) in [7, 11) is 0. The van der Waals surface area contributed by atoms with Crippen LogP contribution in [0.25, 0.3) is 0 Å². The number of unbranched alkanes of at least 4 members (excludes halogenated alkanes) is 1. The monoisotopic (exact) mass is 467 g/mol. The summed E-state index contributed by atoms with van der Waals surface area (Å²) in [5.41, 5.74) is 2.56. The van der Waals surface area contributed by atoms with Gasteiger partial charge in [0.15, 0.2) is 5.17 Å². The van der Waals surface area contributed by atoms with Crippen molar-refractivity contribution in [2.24, 2.45) is 22.7 Å². The van der Waals surface area contributed by atoms with Crippen LogP contribution in [0.2, 0.25) is 0 Å². The van der Waals surface area contributed by atoms with Crippen LogP contribution in [0, 0.1) is 17.8 Å². The van der Waals surface area contributed by atoms with Crippen LogP contribution in [0.3, 0.4) is 0 Å². The van der Waals surface area contributed by atoms with Gasteiger partial charge in [-0.3, -0.25) is 14.7 Å². The normalized spacial score (nSPS) is 33.8. The lowest BCUT2D eigenvalue weighted by atomic mass is 9.53. The Labute approximate surface area is 204 Å². The molecule has 1 aliphatic heterocycles. The molecule has 4 aliphatic carbocycles. The van der Waals surface area contributed by atoms with E-state index >= 15 is 0 Å². The van der Waals surface area contributed by atoms with E-state index in [0.29, 0.717) is 0 Å². The molecule has 0 spiro atoms. The summed E-state index contributed by atoms with van der Waals surface area (Å²) < 4.78 is 0. The predicted octanol–water partition coefficient (Wildman–Crippen LogP) is 6.49. The van der Waals surface area contributed by atoms with Crippen molar-refractivity contribution in [3.05, 3.63) is 29.8 Å². The summed E-state index contributed by atoms with van der Waals surface area (Å²) in [5, 5.41) is 1.20. The molecular weight excluding hydrogens is 426 g/mol. The third-order valence-corrected chi connectivity index (χ3v) is 9.49. The molecule has 0 radical (unpaired) electrons. The second-order valence-electron chi connectivity index (χ2n) is 11.2. The Kier molecular flexibility index (Phi) is 6.79. The van der Waals surface area contributed by atoms with Gasteiger partial charge in [0.2, 0.25) is 5.91 Å². The molecule has 6 rings (SSSR count).